The zero-order valence-corrected chi connectivity index (χ0v) is 16.1. The number of fused-ring (bicyclic) bond motifs is 1. The minimum atomic E-state index is -0.0698. The molecule has 5 heteroatoms. The molecule has 0 spiro atoms. The average molecular weight is 372 g/mol. The fourth-order valence-corrected chi connectivity index (χ4v) is 3.56. The molecule has 0 saturated carbocycles. The highest BCUT2D eigenvalue weighted by molar-refractivity contribution is 7.99. The van der Waals surface area contributed by atoms with E-state index in [0.717, 1.165) is 29.2 Å². The molecular weight excluding hydrogens is 346 g/mol. The number of carbonyl (C=O) groups is 1. The van der Waals surface area contributed by atoms with Gasteiger partial charge >= 0.3 is 0 Å². The van der Waals surface area contributed by atoms with Gasteiger partial charge < -0.3 is 14.8 Å². The average Bonchev–Trinajstić information content (AvgIpc) is 2.88. The molecule has 0 radical (unpaired) electrons. The van der Waals surface area contributed by atoms with Crippen LogP contribution in [0, 0.1) is 6.92 Å². The summed E-state index contributed by atoms with van der Waals surface area (Å²) in [5.41, 5.74) is 3.51. The van der Waals surface area contributed by atoms with Crippen molar-refractivity contribution in [2.24, 2.45) is 0 Å². The van der Waals surface area contributed by atoms with Crippen LogP contribution in [0.25, 0.3) is 0 Å². The van der Waals surface area contributed by atoms with Crippen LogP contribution in [0.5, 0.6) is 11.5 Å². The predicted octanol–water partition coefficient (Wildman–Crippen LogP) is 4.27. The minimum absolute atomic E-state index is 0.0433. The molecule has 0 bridgehead atoms. The molecule has 1 heterocycles. The van der Waals surface area contributed by atoms with Crippen molar-refractivity contribution in [3.8, 4) is 11.5 Å². The van der Waals surface area contributed by atoms with Crippen LogP contribution in [0.3, 0.4) is 0 Å². The summed E-state index contributed by atoms with van der Waals surface area (Å²) >= 11 is 1.63. The van der Waals surface area contributed by atoms with Crippen LogP contribution in [0.1, 0.15) is 36.1 Å². The number of ether oxygens (including phenoxy) is 2. The molecular formula is C21H25NO3S. The number of rotatable bonds is 6. The van der Waals surface area contributed by atoms with Crippen molar-refractivity contribution in [1.29, 1.82) is 0 Å². The molecule has 26 heavy (non-hydrogen) atoms. The maximum absolute atomic E-state index is 12.2. The molecule has 2 aromatic carbocycles. The van der Waals surface area contributed by atoms with E-state index in [4.69, 9.17) is 9.47 Å². The third-order valence-corrected chi connectivity index (χ3v) is 5.28. The van der Waals surface area contributed by atoms with Gasteiger partial charge in [-0.3, -0.25) is 4.79 Å². The zero-order chi connectivity index (χ0) is 18.4. The lowest BCUT2D eigenvalue weighted by atomic mass is 10.1. The summed E-state index contributed by atoms with van der Waals surface area (Å²) in [5.74, 6) is 2.87. The van der Waals surface area contributed by atoms with Gasteiger partial charge in [0.1, 0.15) is 0 Å². The van der Waals surface area contributed by atoms with Crippen molar-refractivity contribution in [3.63, 3.8) is 0 Å². The van der Waals surface area contributed by atoms with E-state index in [-0.39, 0.29) is 11.9 Å². The number of amides is 1. The molecule has 0 aromatic heterocycles. The van der Waals surface area contributed by atoms with Crippen molar-refractivity contribution in [3.05, 3.63) is 59.2 Å². The first-order chi connectivity index (χ1) is 12.6. The Kier molecular flexibility index (Phi) is 6.45. The summed E-state index contributed by atoms with van der Waals surface area (Å²) in [6.45, 7) is 5.40. The van der Waals surface area contributed by atoms with Gasteiger partial charge in [-0.1, -0.05) is 35.9 Å². The topological polar surface area (TPSA) is 47.6 Å². The second kappa shape index (κ2) is 8.99. The van der Waals surface area contributed by atoms with Crippen LogP contribution in [-0.4, -0.2) is 24.9 Å². The third kappa shape index (κ3) is 5.18. The van der Waals surface area contributed by atoms with Crippen molar-refractivity contribution in [2.75, 3.05) is 19.0 Å². The monoisotopic (exact) mass is 371 g/mol. The van der Waals surface area contributed by atoms with Crippen LogP contribution in [-0.2, 0) is 10.5 Å². The maximum atomic E-state index is 12.2. The van der Waals surface area contributed by atoms with Crippen LogP contribution < -0.4 is 14.8 Å². The van der Waals surface area contributed by atoms with E-state index in [1.807, 2.05) is 25.1 Å². The Morgan fingerprint density at radius 2 is 1.85 bits per heavy atom. The van der Waals surface area contributed by atoms with Crippen LogP contribution in [0.4, 0.5) is 0 Å². The fraction of sp³-hybridized carbons (Fsp3) is 0.381. The molecule has 1 unspecified atom stereocenters. The maximum Gasteiger partial charge on any atom is 0.230 e. The molecule has 1 atom stereocenters. The minimum Gasteiger partial charge on any atom is -0.490 e. The number of hydrogen-bond acceptors (Lipinski definition) is 4. The number of aryl methyl sites for hydroxylation is 1. The van der Waals surface area contributed by atoms with E-state index in [0.29, 0.717) is 19.0 Å². The van der Waals surface area contributed by atoms with Crippen molar-refractivity contribution in [2.45, 2.75) is 32.1 Å². The highest BCUT2D eigenvalue weighted by atomic mass is 32.2. The van der Waals surface area contributed by atoms with Crippen molar-refractivity contribution >= 4 is 17.7 Å². The normalized spacial score (nSPS) is 14.4. The van der Waals surface area contributed by atoms with Gasteiger partial charge in [0.25, 0.3) is 0 Å². The largest absolute Gasteiger partial charge is 0.490 e. The lowest BCUT2D eigenvalue weighted by Crippen LogP contribution is -2.28. The highest BCUT2D eigenvalue weighted by Gasteiger charge is 2.15. The Balaban J connectivity index is 1.49. The Bertz CT molecular complexity index is 745. The zero-order valence-electron chi connectivity index (χ0n) is 15.3. The molecule has 4 nitrogen and oxygen atoms in total. The summed E-state index contributed by atoms with van der Waals surface area (Å²) in [4.78, 5) is 12.2. The van der Waals surface area contributed by atoms with E-state index in [1.54, 1.807) is 11.8 Å². The van der Waals surface area contributed by atoms with Gasteiger partial charge in [-0.25, -0.2) is 0 Å². The van der Waals surface area contributed by atoms with Gasteiger partial charge in [0.05, 0.1) is 25.0 Å². The number of hydrogen-bond donors (Lipinski definition) is 1. The number of benzene rings is 2. The lowest BCUT2D eigenvalue weighted by molar-refractivity contribution is -0.119. The lowest BCUT2D eigenvalue weighted by Gasteiger charge is -2.16. The van der Waals surface area contributed by atoms with Gasteiger partial charge in [0.2, 0.25) is 5.91 Å². The van der Waals surface area contributed by atoms with E-state index in [1.165, 1.54) is 11.1 Å². The fourth-order valence-electron chi connectivity index (χ4n) is 2.76. The van der Waals surface area contributed by atoms with Crippen LogP contribution >= 0.6 is 11.8 Å². The molecule has 3 rings (SSSR count). The summed E-state index contributed by atoms with van der Waals surface area (Å²) in [5, 5.41) is 3.06. The van der Waals surface area contributed by atoms with E-state index >= 15 is 0 Å². The van der Waals surface area contributed by atoms with Gasteiger partial charge in [-0.15, -0.1) is 11.8 Å². The predicted molar refractivity (Wildman–Crippen MR) is 106 cm³/mol. The molecule has 1 amide bonds. The van der Waals surface area contributed by atoms with Crippen molar-refractivity contribution < 1.29 is 14.3 Å². The second-order valence-corrected chi connectivity index (χ2v) is 7.51. The first kappa shape index (κ1) is 18.6. The second-order valence-electron chi connectivity index (χ2n) is 6.52. The first-order valence-electron chi connectivity index (χ1n) is 8.94. The highest BCUT2D eigenvalue weighted by Crippen LogP contribution is 2.32. The smallest absolute Gasteiger partial charge is 0.230 e. The summed E-state index contributed by atoms with van der Waals surface area (Å²) < 4.78 is 11.4. The molecule has 2 aromatic rings. The van der Waals surface area contributed by atoms with Gasteiger partial charge in [-0.2, -0.15) is 0 Å². The standard InChI is InChI=1S/C21H25NO3S/c1-15-4-6-17(7-5-15)13-26-14-21(23)22-16(2)18-8-9-19-20(12-18)25-11-3-10-24-19/h4-9,12,16H,3,10-11,13-14H2,1-2H3,(H,22,23). The number of nitrogens with one attached hydrogen (secondary N) is 1. The van der Waals surface area contributed by atoms with Gasteiger partial charge in [0, 0.05) is 12.2 Å². The van der Waals surface area contributed by atoms with Gasteiger partial charge in [0.15, 0.2) is 11.5 Å². The Hall–Kier alpha value is -2.14. The Morgan fingerprint density at radius 3 is 2.62 bits per heavy atom. The first-order valence-corrected chi connectivity index (χ1v) is 10.1. The summed E-state index contributed by atoms with van der Waals surface area (Å²) in [6.07, 6.45) is 0.883. The van der Waals surface area contributed by atoms with E-state index in [9.17, 15) is 4.79 Å². The Labute approximate surface area is 159 Å². The number of thioether (sulfide) groups is 1. The molecule has 0 aliphatic carbocycles. The molecule has 0 saturated heterocycles. The molecule has 138 valence electrons. The third-order valence-electron chi connectivity index (χ3n) is 4.27. The number of carbonyl (C=O) groups excluding carboxylic acids is 1. The molecule has 0 fully saturated rings. The quantitative estimate of drug-likeness (QED) is 0.824. The van der Waals surface area contributed by atoms with Crippen LogP contribution in [0.15, 0.2) is 42.5 Å². The summed E-state index contributed by atoms with van der Waals surface area (Å²) in [7, 11) is 0. The molecule has 1 N–H and O–H groups in total. The van der Waals surface area contributed by atoms with E-state index in [2.05, 4.69) is 36.5 Å². The van der Waals surface area contributed by atoms with Crippen LogP contribution in [0.2, 0.25) is 0 Å². The van der Waals surface area contributed by atoms with Gasteiger partial charge in [-0.05, 0) is 37.1 Å². The summed E-state index contributed by atoms with van der Waals surface area (Å²) in [6, 6.07) is 14.2. The Morgan fingerprint density at radius 1 is 1.12 bits per heavy atom. The molecule has 1 aliphatic rings. The molecule has 1 aliphatic heterocycles. The van der Waals surface area contributed by atoms with E-state index < -0.39 is 0 Å². The van der Waals surface area contributed by atoms with Crippen molar-refractivity contribution in [1.82, 2.24) is 5.32 Å². The SMILES string of the molecule is Cc1ccc(CSCC(=O)NC(C)c2ccc3c(c2)OCCCO3)cc1.